The molecule has 1 N–H and O–H groups in total. The van der Waals surface area contributed by atoms with E-state index in [4.69, 9.17) is 0 Å². The number of benzene rings is 1. The Labute approximate surface area is 145 Å². The Kier molecular flexibility index (Phi) is 5.00. The molecular weight excluding hydrogens is 322 g/mol. The third kappa shape index (κ3) is 3.82. The van der Waals surface area contributed by atoms with Crippen molar-refractivity contribution in [1.29, 1.82) is 0 Å². The molecule has 1 fully saturated rings. The fraction of sp³-hybridized carbons (Fsp3) is 0.632. The summed E-state index contributed by atoms with van der Waals surface area (Å²) in [6.45, 7) is 5.16. The normalized spacial score (nSPS) is 28.0. The van der Waals surface area contributed by atoms with E-state index in [1.165, 1.54) is 11.1 Å². The smallest absolute Gasteiger partial charge is 0.220 e. The Morgan fingerprint density at radius 1 is 1.25 bits per heavy atom. The fourth-order valence-corrected chi connectivity index (χ4v) is 6.07. The van der Waals surface area contributed by atoms with E-state index in [1.54, 1.807) is 0 Å². The molecule has 132 valence electrons. The second-order valence-electron chi connectivity index (χ2n) is 7.69. The Morgan fingerprint density at radius 2 is 1.96 bits per heavy atom. The molecule has 1 aromatic rings. The average molecular weight is 349 g/mol. The first-order valence-corrected chi connectivity index (χ1v) is 10.7. The highest BCUT2D eigenvalue weighted by Gasteiger charge is 2.33. The van der Waals surface area contributed by atoms with Crippen molar-refractivity contribution in [3.8, 4) is 0 Å². The summed E-state index contributed by atoms with van der Waals surface area (Å²) >= 11 is 0. The Bertz CT molecular complexity index is 711. The summed E-state index contributed by atoms with van der Waals surface area (Å²) in [7, 11) is -2.91. The molecule has 0 unspecified atom stereocenters. The van der Waals surface area contributed by atoms with Gasteiger partial charge in [0.1, 0.15) is 0 Å². The Morgan fingerprint density at radius 3 is 2.58 bits per heavy atom. The maximum atomic E-state index is 12.2. The third-order valence-corrected chi connectivity index (χ3v) is 7.36. The zero-order valence-electron chi connectivity index (χ0n) is 14.5. The lowest BCUT2D eigenvalue weighted by Crippen LogP contribution is -2.29. The van der Waals surface area contributed by atoms with E-state index in [1.807, 2.05) is 0 Å². The number of rotatable bonds is 5. The van der Waals surface area contributed by atoms with Crippen molar-refractivity contribution < 1.29 is 13.2 Å². The molecule has 5 heteroatoms. The van der Waals surface area contributed by atoms with Gasteiger partial charge in [-0.1, -0.05) is 38.1 Å². The average Bonchev–Trinajstić information content (AvgIpc) is 3.05. The molecule has 1 aliphatic carbocycles. The van der Waals surface area contributed by atoms with E-state index >= 15 is 0 Å². The Hall–Kier alpha value is -1.36. The molecule has 1 heterocycles. The quantitative estimate of drug-likeness (QED) is 0.889. The van der Waals surface area contributed by atoms with Crippen LogP contribution in [0.5, 0.6) is 0 Å². The van der Waals surface area contributed by atoms with Gasteiger partial charge in [0, 0.05) is 18.9 Å². The van der Waals surface area contributed by atoms with Gasteiger partial charge in [0.25, 0.3) is 0 Å². The monoisotopic (exact) mass is 349 g/mol. The molecule has 1 saturated heterocycles. The number of hydrogen-bond donors (Lipinski definition) is 1. The molecule has 0 spiro atoms. The molecule has 1 aliphatic heterocycles. The van der Waals surface area contributed by atoms with Crippen LogP contribution in [0.3, 0.4) is 0 Å². The van der Waals surface area contributed by atoms with Gasteiger partial charge >= 0.3 is 0 Å². The molecule has 0 saturated carbocycles. The van der Waals surface area contributed by atoms with Crippen molar-refractivity contribution in [3.63, 3.8) is 0 Å². The van der Waals surface area contributed by atoms with Crippen LogP contribution in [0.15, 0.2) is 24.3 Å². The summed E-state index contributed by atoms with van der Waals surface area (Å²) in [6, 6.07) is 8.55. The molecule has 24 heavy (non-hydrogen) atoms. The second kappa shape index (κ2) is 6.87. The predicted molar refractivity (Wildman–Crippen MR) is 95.8 cm³/mol. The summed E-state index contributed by atoms with van der Waals surface area (Å²) in [5.74, 6) is 1.90. The first-order valence-electron chi connectivity index (χ1n) is 8.91. The molecule has 2 aliphatic rings. The van der Waals surface area contributed by atoms with E-state index in [0.29, 0.717) is 37.1 Å². The van der Waals surface area contributed by atoms with Crippen LogP contribution >= 0.6 is 0 Å². The molecule has 0 bridgehead atoms. The number of amides is 1. The topological polar surface area (TPSA) is 63.2 Å². The first kappa shape index (κ1) is 17.5. The number of nitrogens with one attached hydrogen (secondary N) is 1. The maximum absolute atomic E-state index is 12.2. The van der Waals surface area contributed by atoms with E-state index in [2.05, 4.69) is 43.4 Å². The highest BCUT2D eigenvalue weighted by Crippen LogP contribution is 2.44. The summed E-state index contributed by atoms with van der Waals surface area (Å²) in [6.07, 6.45) is 2.04. The van der Waals surface area contributed by atoms with Crippen molar-refractivity contribution >= 4 is 15.7 Å². The first-order chi connectivity index (χ1) is 11.4. The summed E-state index contributed by atoms with van der Waals surface area (Å²) in [5.41, 5.74) is 2.79. The largest absolute Gasteiger partial charge is 0.355 e. The van der Waals surface area contributed by atoms with Crippen LogP contribution < -0.4 is 5.32 Å². The molecule has 0 radical (unpaired) electrons. The van der Waals surface area contributed by atoms with Gasteiger partial charge in [0.05, 0.1) is 11.5 Å². The third-order valence-electron chi connectivity index (χ3n) is 5.52. The standard InChI is InChI=1S/C19H27NO3S/c1-13(2)18-10-15(16-5-3-4-6-17(16)18)11-20-19(21)9-14-7-8-24(22,23)12-14/h3-6,13-15,18H,7-12H2,1-2H3,(H,20,21)/t14-,15+,18+/m1/s1. The minimum atomic E-state index is -2.91. The zero-order chi connectivity index (χ0) is 17.3. The number of fused-ring (bicyclic) bond motifs is 1. The van der Waals surface area contributed by atoms with Crippen LogP contribution in [0.2, 0.25) is 0 Å². The van der Waals surface area contributed by atoms with Crippen LogP contribution in [0.4, 0.5) is 0 Å². The molecule has 1 aromatic carbocycles. The maximum Gasteiger partial charge on any atom is 0.220 e. The van der Waals surface area contributed by atoms with Gasteiger partial charge in [-0.15, -0.1) is 0 Å². The molecule has 0 aromatic heterocycles. The van der Waals surface area contributed by atoms with Crippen LogP contribution in [0.25, 0.3) is 0 Å². The lowest BCUT2D eigenvalue weighted by molar-refractivity contribution is -0.121. The lowest BCUT2D eigenvalue weighted by Gasteiger charge is -2.16. The molecule has 1 amide bonds. The minimum Gasteiger partial charge on any atom is -0.355 e. The van der Waals surface area contributed by atoms with Crippen molar-refractivity contribution in [2.24, 2.45) is 11.8 Å². The van der Waals surface area contributed by atoms with Gasteiger partial charge in [0.15, 0.2) is 9.84 Å². The molecule has 4 nitrogen and oxygen atoms in total. The van der Waals surface area contributed by atoms with Crippen molar-refractivity contribution in [3.05, 3.63) is 35.4 Å². The lowest BCUT2D eigenvalue weighted by atomic mass is 9.90. The highest BCUT2D eigenvalue weighted by atomic mass is 32.2. The van der Waals surface area contributed by atoms with Crippen molar-refractivity contribution in [2.75, 3.05) is 18.1 Å². The van der Waals surface area contributed by atoms with E-state index in [-0.39, 0.29) is 23.3 Å². The van der Waals surface area contributed by atoms with Gasteiger partial charge in [0.2, 0.25) is 5.91 Å². The van der Waals surface area contributed by atoms with Gasteiger partial charge in [-0.05, 0) is 41.7 Å². The highest BCUT2D eigenvalue weighted by molar-refractivity contribution is 7.91. The molecule has 3 rings (SSSR count). The van der Waals surface area contributed by atoms with Crippen molar-refractivity contribution in [1.82, 2.24) is 5.32 Å². The fourth-order valence-electron chi connectivity index (χ4n) is 4.21. The summed E-state index contributed by atoms with van der Waals surface area (Å²) in [5, 5.41) is 3.05. The number of sulfone groups is 1. The number of hydrogen-bond acceptors (Lipinski definition) is 3. The van der Waals surface area contributed by atoms with Gasteiger partial charge < -0.3 is 5.32 Å². The van der Waals surface area contributed by atoms with Crippen molar-refractivity contribution in [2.45, 2.75) is 44.9 Å². The van der Waals surface area contributed by atoms with Gasteiger partial charge in [-0.25, -0.2) is 8.42 Å². The van der Waals surface area contributed by atoms with Crippen LogP contribution in [0.1, 0.15) is 56.1 Å². The second-order valence-corrected chi connectivity index (χ2v) is 9.92. The summed E-state index contributed by atoms with van der Waals surface area (Å²) < 4.78 is 23.0. The zero-order valence-corrected chi connectivity index (χ0v) is 15.3. The van der Waals surface area contributed by atoms with Crippen LogP contribution in [0, 0.1) is 11.8 Å². The van der Waals surface area contributed by atoms with Gasteiger partial charge in [-0.3, -0.25) is 4.79 Å². The SMILES string of the molecule is CC(C)[C@@H]1C[C@@H](CNC(=O)C[C@H]2CCS(=O)(=O)C2)c2ccccc21. The number of carbonyl (C=O) groups is 1. The minimum absolute atomic E-state index is 0.00530. The van der Waals surface area contributed by atoms with E-state index in [9.17, 15) is 13.2 Å². The molecule has 3 atom stereocenters. The Balaban J connectivity index is 1.56. The number of carbonyl (C=O) groups excluding carboxylic acids is 1. The molecular formula is C19H27NO3S. The van der Waals surface area contributed by atoms with E-state index in [0.717, 1.165) is 6.42 Å². The summed E-state index contributed by atoms with van der Waals surface area (Å²) in [4.78, 5) is 12.2. The van der Waals surface area contributed by atoms with Gasteiger partial charge in [-0.2, -0.15) is 0 Å². The predicted octanol–water partition coefficient (Wildman–Crippen LogP) is 2.85. The van der Waals surface area contributed by atoms with E-state index < -0.39 is 9.84 Å². The van der Waals surface area contributed by atoms with Crippen LogP contribution in [-0.2, 0) is 14.6 Å². The van der Waals surface area contributed by atoms with Crippen LogP contribution in [-0.4, -0.2) is 32.4 Å².